The van der Waals surface area contributed by atoms with Crippen LogP contribution < -0.4 is 21.3 Å². The number of rotatable bonds is 5. The van der Waals surface area contributed by atoms with E-state index in [0.29, 0.717) is 31.4 Å². The third kappa shape index (κ3) is 3.49. The third-order valence-electron chi connectivity index (χ3n) is 6.49. The molecular weight excluding hydrogens is 430 g/mol. The highest BCUT2D eigenvalue weighted by Gasteiger charge is 2.42. The lowest BCUT2D eigenvalue weighted by Crippen LogP contribution is -2.48. The molecule has 1 aliphatic carbocycles. The van der Waals surface area contributed by atoms with Crippen LogP contribution in [0.2, 0.25) is 0 Å². The van der Waals surface area contributed by atoms with Gasteiger partial charge in [0.2, 0.25) is 6.35 Å². The van der Waals surface area contributed by atoms with Crippen molar-refractivity contribution < 1.29 is 14.3 Å². The van der Waals surface area contributed by atoms with Gasteiger partial charge in [-0.25, -0.2) is 9.88 Å². The second-order valence-corrected chi connectivity index (χ2v) is 9.84. The second kappa shape index (κ2) is 7.84. The first-order valence-corrected chi connectivity index (χ1v) is 12.0. The van der Waals surface area contributed by atoms with Crippen LogP contribution in [0.1, 0.15) is 30.9 Å². The topological polar surface area (TPSA) is 123 Å². The third-order valence-corrected chi connectivity index (χ3v) is 7.54. The number of carbonyl (C=O) groups excluding carboxylic acids is 1. The molecule has 0 aromatic carbocycles. The second-order valence-electron chi connectivity index (χ2n) is 8.83. The highest BCUT2D eigenvalue weighted by molar-refractivity contribution is 7.22. The Morgan fingerprint density at radius 1 is 1.16 bits per heavy atom. The van der Waals surface area contributed by atoms with Gasteiger partial charge in [0.25, 0.3) is 5.91 Å². The van der Waals surface area contributed by atoms with Crippen LogP contribution in [0.5, 0.6) is 0 Å². The van der Waals surface area contributed by atoms with E-state index in [1.54, 1.807) is 11.3 Å². The molecular formula is C21H27N7O3S. The molecule has 3 aliphatic heterocycles. The summed E-state index contributed by atoms with van der Waals surface area (Å²) in [4.78, 5) is 28.5. The minimum Gasteiger partial charge on any atom is -0.462 e. The van der Waals surface area contributed by atoms with Gasteiger partial charge in [-0.1, -0.05) is 11.3 Å². The van der Waals surface area contributed by atoms with E-state index < -0.39 is 12.3 Å². The van der Waals surface area contributed by atoms with Crippen molar-refractivity contribution in [2.24, 2.45) is 11.5 Å². The van der Waals surface area contributed by atoms with Crippen molar-refractivity contribution in [2.75, 3.05) is 49.2 Å². The van der Waals surface area contributed by atoms with Crippen LogP contribution in [0.25, 0.3) is 10.3 Å². The quantitative estimate of drug-likeness (QED) is 0.673. The number of likely N-dealkylation sites (tertiary alicyclic amines) is 1. The van der Waals surface area contributed by atoms with Gasteiger partial charge in [-0.2, -0.15) is 4.98 Å². The number of pyridine rings is 1. The summed E-state index contributed by atoms with van der Waals surface area (Å²) in [7, 11) is 0. The van der Waals surface area contributed by atoms with Crippen LogP contribution >= 0.6 is 11.3 Å². The number of hydrogen-bond acceptors (Lipinski definition) is 10. The van der Waals surface area contributed by atoms with Crippen molar-refractivity contribution in [1.29, 1.82) is 0 Å². The van der Waals surface area contributed by atoms with E-state index >= 15 is 0 Å². The van der Waals surface area contributed by atoms with Crippen LogP contribution in [-0.2, 0) is 14.3 Å². The van der Waals surface area contributed by atoms with E-state index in [0.717, 1.165) is 65.8 Å². The Bertz CT molecular complexity index is 1080. The molecule has 2 atom stereocenters. The number of hydrogen-bond donors (Lipinski definition) is 2. The molecule has 3 fully saturated rings. The summed E-state index contributed by atoms with van der Waals surface area (Å²) < 4.78 is 12.4. The molecule has 10 nitrogen and oxygen atoms in total. The Hall–Kier alpha value is -2.47. The number of morpholine rings is 1. The first-order chi connectivity index (χ1) is 15.6. The average Bonchev–Trinajstić information content (AvgIpc) is 3.19. The minimum absolute atomic E-state index is 0.0964. The predicted molar refractivity (Wildman–Crippen MR) is 121 cm³/mol. The molecule has 0 bridgehead atoms. The maximum absolute atomic E-state index is 12.3. The number of thiazole rings is 1. The van der Waals surface area contributed by atoms with Crippen molar-refractivity contribution in [3.8, 4) is 0 Å². The van der Waals surface area contributed by atoms with Crippen LogP contribution in [0.4, 0.5) is 10.8 Å². The molecule has 2 aromatic heterocycles. The highest BCUT2D eigenvalue weighted by atomic mass is 32.1. The number of nitrogens with two attached hydrogens (primary N) is 2. The van der Waals surface area contributed by atoms with Gasteiger partial charge in [-0.3, -0.25) is 9.69 Å². The van der Waals surface area contributed by atoms with E-state index in [9.17, 15) is 4.79 Å². The first kappa shape index (κ1) is 20.2. The molecule has 170 valence electrons. The Balaban J connectivity index is 1.43. The van der Waals surface area contributed by atoms with Crippen molar-refractivity contribution in [3.63, 3.8) is 0 Å². The fourth-order valence-corrected chi connectivity index (χ4v) is 5.64. The molecule has 4 N–H and O–H groups in total. The molecule has 4 aliphatic rings. The SMILES string of the molecule is NC(=O)C1=CO[C@@H](N2CCC(N)C2)N1c1cc2sc(N3CCOCC3)nc2nc1C1CC1. The number of anilines is 2. The number of carbonyl (C=O) groups is 1. The summed E-state index contributed by atoms with van der Waals surface area (Å²) in [5.41, 5.74) is 14.8. The molecule has 1 unspecified atom stereocenters. The van der Waals surface area contributed by atoms with Gasteiger partial charge in [-0.15, -0.1) is 0 Å². The van der Waals surface area contributed by atoms with E-state index in [4.69, 9.17) is 30.9 Å². The number of fused-ring (bicyclic) bond motifs is 1. The van der Waals surface area contributed by atoms with Crippen LogP contribution in [0.15, 0.2) is 18.0 Å². The summed E-state index contributed by atoms with van der Waals surface area (Å²) in [5.74, 6) is -0.157. The number of amides is 1. The Labute approximate surface area is 189 Å². The van der Waals surface area contributed by atoms with E-state index in [1.807, 2.05) is 4.90 Å². The van der Waals surface area contributed by atoms with Gasteiger partial charge >= 0.3 is 0 Å². The number of aromatic nitrogens is 2. The summed E-state index contributed by atoms with van der Waals surface area (Å²) in [6.45, 7) is 4.58. The fourth-order valence-electron chi connectivity index (χ4n) is 4.65. The molecule has 2 aromatic rings. The van der Waals surface area contributed by atoms with Gasteiger partial charge in [0.05, 0.1) is 29.3 Å². The normalized spacial score (nSPS) is 26.6. The predicted octanol–water partition coefficient (Wildman–Crippen LogP) is 0.885. The molecule has 1 amide bonds. The molecule has 2 saturated heterocycles. The molecule has 0 radical (unpaired) electrons. The average molecular weight is 458 g/mol. The molecule has 5 heterocycles. The highest BCUT2D eigenvalue weighted by Crippen LogP contribution is 2.47. The first-order valence-electron chi connectivity index (χ1n) is 11.2. The van der Waals surface area contributed by atoms with Gasteiger partial charge in [-0.05, 0) is 25.3 Å². The maximum Gasteiger partial charge on any atom is 0.268 e. The van der Waals surface area contributed by atoms with Gasteiger partial charge in [0.1, 0.15) is 12.0 Å². The van der Waals surface area contributed by atoms with Crippen LogP contribution in [0, 0.1) is 0 Å². The molecule has 32 heavy (non-hydrogen) atoms. The zero-order chi connectivity index (χ0) is 21.8. The molecule has 6 rings (SSSR count). The zero-order valence-electron chi connectivity index (χ0n) is 17.8. The smallest absolute Gasteiger partial charge is 0.268 e. The van der Waals surface area contributed by atoms with Crippen LogP contribution in [0.3, 0.4) is 0 Å². The summed E-state index contributed by atoms with van der Waals surface area (Å²) in [5, 5.41) is 0.958. The minimum atomic E-state index is -0.517. The lowest BCUT2D eigenvalue weighted by Gasteiger charge is -2.33. The van der Waals surface area contributed by atoms with Crippen LogP contribution in [-0.4, -0.2) is 72.6 Å². The van der Waals surface area contributed by atoms with Crippen molar-refractivity contribution >= 4 is 38.4 Å². The largest absolute Gasteiger partial charge is 0.462 e. The Kier molecular flexibility index (Phi) is 4.94. The fraction of sp³-hybridized carbons (Fsp3) is 0.571. The Morgan fingerprint density at radius 2 is 1.97 bits per heavy atom. The summed E-state index contributed by atoms with van der Waals surface area (Å²) in [6, 6.07) is 2.20. The van der Waals surface area contributed by atoms with Gasteiger partial charge in [0, 0.05) is 38.1 Å². The lowest BCUT2D eigenvalue weighted by molar-refractivity contribution is -0.114. The molecule has 11 heteroatoms. The standard InChI is InChI=1S/C21H27N7O3S/c22-13-3-4-27(10-13)21-28(15(11-31-21)18(23)29)14-9-16-19(24-17(14)12-1-2-12)25-20(32-16)26-5-7-30-8-6-26/h9,11-13,21H,1-8,10,22H2,(H2,23,29)/t13?,21-/m0/s1. The van der Waals surface area contributed by atoms with E-state index in [2.05, 4.69) is 15.9 Å². The Morgan fingerprint density at radius 3 is 2.66 bits per heavy atom. The number of ether oxygens (including phenoxy) is 2. The number of nitrogens with zero attached hydrogens (tertiary/aromatic N) is 5. The van der Waals surface area contributed by atoms with E-state index in [-0.39, 0.29) is 6.04 Å². The zero-order valence-corrected chi connectivity index (χ0v) is 18.6. The lowest BCUT2D eigenvalue weighted by atomic mass is 10.2. The molecule has 1 saturated carbocycles. The van der Waals surface area contributed by atoms with Crippen molar-refractivity contribution in [3.05, 3.63) is 23.7 Å². The van der Waals surface area contributed by atoms with Crippen molar-refractivity contribution in [2.45, 2.75) is 37.6 Å². The number of primary amides is 1. The maximum atomic E-state index is 12.3. The van der Waals surface area contributed by atoms with Gasteiger partial charge < -0.3 is 25.8 Å². The monoisotopic (exact) mass is 457 g/mol. The summed E-state index contributed by atoms with van der Waals surface area (Å²) in [6.07, 6.45) is 4.08. The van der Waals surface area contributed by atoms with Crippen molar-refractivity contribution in [1.82, 2.24) is 14.9 Å². The van der Waals surface area contributed by atoms with E-state index in [1.165, 1.54) is 6.26 Å². The summed E-state index contributed by atoms with van der Waals surface area (Å²) >= 11 is 1.62. The molecule has 0 spiro atoms. The van der Waals surface area contributed by atoms with Gasteiger partial charge in [0.15, 0.2) is 10.8 Å².